The number of amides is 1. The molecule has 0 radical (unpaired) electrons. The van der Waals surface area contributed by atoms with Gasteiger partial charge in [0.2, 0.25) is 5.91 Å². The predicted molar refractivity (Wildman–Crippen MR) is 90.7 cm³/mol. The molecule has 2 aliphatic carbocycles. The van der Waals surface area contributed by atoms with Gasteiger partial charge in [0.25, 0.3) is 0 Å². The molecular formula is C19H31N3O. The molecule has 128 valence electrons. The van der Waals surface area contributed by atoms with Crippen molar-refractivity contribution in [1.82, 2.24) is 10.2 Å². The van der Waals surface area contributed by atoms with E-state index in [2.05, 4.69) is 11.4 Å². The van der Waals surface area contributed by atoms with Crippen molar-refractivity contribution in [2.75, 3.05) is 6.54 Å². The molecule has 1 amide bonds. The first-order valence-electron chi connectivity index (χ1n) is 9.76. The van der Waals surface area contributed by atoms with Gasteiger partial charge in [-0.15, -0.1) is 0 Å². The van der Waals surface area contributed by atoms with Crippen LogP contribution in [0.4, 0.5) is 0 Å². The van der Waals surface area contributed by atoms with Gasteiger partial charge in [-0.05, 0) is 44.4 Å². The third kappa shape index (κ3) is 4.07. The molecule has 2 saturated carbocycles. The van der Waals surface area contributed by atoms with Crippen LogP contribution < -0.4 is 5.32 Å². The Kier molecular flexibility index (Phi) is 5.94. The summed E-state index contributed by atoms with van der Waals surface area (Å²) in [6.07, 6.45) is 14.3. The standard InChI is InChI=1S/C19H31N3O/c20-14-17-12-7-13-22(17)19(23)18(15-8-3-1-4-9-15)21-16-10-5-2-6-11-16/h15-18,21H,1-13H2/t17-,18-/m0/s1. The van der Waals surface area contributed by atoms with E-state index in [0.717, 1.165) is 19.4 Å². The van der Waals surface area contributed by atoms with Crippen LogP contribution in [0.3, 0.4) is 0 Å². The van der Waals surface area contributed by atoms with Crippen LogP contribution in [0, 0.1) is 17.2 Å². The van der Waals surface area contributed by atoms with Crippen molar-refractivity contribution in [3.05, 3.63) is 0 Å². The molecule has 0 aromatic rings. The van der Waals surface area contributed by atoms with E-state index >= 15 is 0 Å². The predicted octanol–water partition coefficient (Wildman–Crippen LogP) is 3.37. The van der Waals surface area contributed by atoms with Gasteiger partial charge in [-0.25, -0.2) is 0 Å². The van der Waals surface area contributed by atoms with Crippen molar-refractivity contribution in [1.29, 1.82) is 5.26 Å². The maximum atomic E-state index is 13.2. The fourth-order valence-electron chi connectivity index (χ4n) is 4.74. The summed E-state index contributed by atoms with van der Waals surface area (Å²) in [4.78, 5) is 15.1. The van der Waals surface area contributed by atoms with Crippen molar-refractivity contribution in [3.63, 3.8) is 0 Å². The van der Waals surface area contributed by atoms with Crippen LogP contribution in [0.25, 0.3) is 0 Å². The summed E-state index contributed by atoms with van der Waals surface area (Å²) in [7, 11) is 0. The molecule has 3 rings (SSSR count). The average molecular weight is 317 g/mol. The van der Waals surface area contributed by atoms with Crippen LogP contribution in [0.2, 0.25) is 0 Å². The molecule has 1 N–H and O–H groups in total. The molecule has 0 aromatic heterocycles. The van der Waals surface area contributed by atoms with Gasteiger partial charge < -0.3 is 10.2 Å². The lowest BCUT2D eigenvalue weighted by Gasteiger charge is -2.37. The van der Waals surface area contributed by atoms with Gasteiger partial charge >= 0.3 is 0 Å². The number of hydrogen-bond donors (Lipinski definition) is 1. The van der Waals surface area contributed by atoms with E-state index in [-0.39, 0.29) is 18.0 Å². The van der Waals surface area contributed by atoms with Crippen LogP contribution in [-0.4, -0.2) is 35.5 Å². The quantitative estimate of drug-likeness (QED) is 0.865. The van der Waals surface area contributed by atoms with E-state index in [4.69, 9.17) is 0 Å². The van der Waals surface area contributed by atoms with Crippen molar-refractivity contribution in [2.24, 2.45) is 5.92 Å². The minimum atomic E-state index is -0.193. The molecule has 0 aromatic carbocycles. The summed E-state index contributed by atoms with van der Waals surface area (Å²) in [6, 6.07) is 2.59. The van der Waals surface area contributed by atoms with Crippen LogP contribution in [0.5, 0.6) is 0 Å². The molecule has 4 nitrogen and oxygen atoms in total. The van der Waals surface area contributed by atoms with Gasteiger partial charge in [0.15, 0.2) is 0 Å². The second kappa shape index (κ2) is 8.15. The van der Waals surface area contributed by atoms with E-state index in [9.17, 15) is 10.1 Å². The lowest BCUT2D eigenvalue weighted by molar-refractivity contribution is -0.135. The van der Waals surface area contributed by atoms with E-state index in [0.29, 0.717) is 12.0 Å². The highest BCUT2D eigenvalue weighted by Gasteiger charge is 2.38. The Hall–Kier alpha value is -1.08. The van der Waals surface area contributed by atoms with E-state index in [1.807, 2.05) is 4.90 Å². The molecule has 1 saturated heterocycles. The maximum Gasteiger partial charge on any atom is 0.241 e. The molecular weight excluding hydrogens is 286 g/mol. The first-order chi connectivity index (χ1) is 11.3. The zero-order valence-corrected chi connectivity index (χ0v) is 14.3. The Bertz CT molecular complexity index is 432. The zero-order valence-electron chi connectivity index (χ0n) is 14.3. The first kappa shape index (κ1) is 16.8. The Morgan fingerprint density at radius 2 is 1.61 bits per heavy atom. The van der Waals surface area contributed by atoms with Crippen LogP contribution in [-0.2, 0) is 4.79 Å². The average Bonchev–Trinajstić information content (AvgIpc) is 3.09. The molecule has 4 heteroatoms. The smallest absolute Gasteiger partial charge is 0.241 e. The van der Waals surface area contributed by atoms with Crippen molar-refractivity contribution in [2.45, 2.75) is 95.2 Å². The lowest BCUT2D eigenvalue weighted by Crippen LogP contribution is -2.55. The second-order valence-corrected chi connectivity index (χ2v) is 7.70. The van der Waals surface area contributed by atoms with Gasteiger partial charge in [0.1, 0.15) is 6.04 Å². The summed E-state index contributed by atoms with van der Waals surface area (Å²) in [5.74, 6) is 0.685. The van der Waals surface area contributed by atoms with Crippen LogP contribution in [0.1, 0.15) is 77.0 Å². The molecule has 3 fully saturated rings. The van der Waals surface area contributed by atoms with E-state index in [1.54, 1.807) is 0 Å². The SMILES string of the molecule is N#C[C@@H]1CCCN1C(=O)[C@@H](NC1CCCCC1)C1CCCCC1. The summed E-state index contributed by atoms with van der Waals surface area (Å²) in [6.45, 7) is 0.770. The highest BCUT2D eigenvalue weighted by atomic mass is 16.2. The van der Waals surface area contributed by atoms with Crippen molar-refractivity contribution >= 4 is 5.91 Å². The number of nitrogens with zero attached hydrogens (tertiary/aromatic N) is 2. The molecule has 1 aliphatic heterocycles. The van der Waals surface area contributed by atoms with E-state index in [1.165, 1.54) is 64.2 Å². The molecule has 3 aliphatic rings. The topological polar surface area (TPSA) is 56.1 Å². The molecule has 0 unspecified atom stereocenters. The molecule has 23 heavy (non-hydrogen) atoms. The Balaban J connectivity index is 1.70. The number of likely N-dealkylation sites (tertiary alicyclic amines) is 1. The van der Waals surface area contributed by atoms with Gasteiger partial charge in [0.05, 0.1) is 12.1 Å². The van der Waals surface area contributed by atoms with E-state index < -0.39 is 0 Å². The number of rotatable bonds is 4. The zero-order chi connectivity index (χ0) is 16.1. The third-order valence-corrected chi connectivity index (χ3v) is 6.09. The van der Waals surface area contributed by atoms with Gasteiger partial charge in [0, 0.05) is 12.6 Å². The Morgan fingerprint density at radius 3 is 2.26 bits per heavy atom. The molecule has 2 atom stereocenters. The number of hydrogen-bond acceptors (Lipinski definition) is 3. The van der Waals surface area contributed by atoms with Gasteiger partial charge in [-0.3, -0.25) is 4.79 Å². The number of carbonyl (C=O) groups excluding carboxylic acids is 1. The number of carbonyl (C=O) groups is 1. The Labute approximate surface area is 140 Å². The normalized spacial score (nSPS) is 28.5. The van der Waals surface area contributed by atoms with Crippen molar-refractivity contribution in [3.8, 4) is 6.07 Å². The lowest BCUT2D eigenvalue weighted by atomic mass is 9.82. The fourth-order valence-corrected chi connectivity index (χ4v) is 4.74. The van der Waals surface area contributed by atoms with Crippen LogP contribution in [0.15, 0.2) is 0 Å². The van der Waals surface area contributed by atoms with Gasteiger partial charge in [-0.1, -0.05) is 38.5 Å². The summed E-state index contributed by atoms with van der Waals surface area (Å²) in [5.41, 5.74) is 0. The van der Waals surface area contributed by atoms with Gasteiger partial charge in [-0.2, -0.15) is 5.26 Å². The van der Waals surface area contributed by atoms with Crippen LogP contribution >= 0.6 is 0 Å². The number of nitriles is 1. The molecule has 0 bridgehead atoms. The fraction of sp³-hybridized carbons (Fsp3) is 0.895. The minimum Gasteiger partial charge on any atom is -0.325 e. The highest BCUT2D eigenvalue weighted by molar-refractivity contribution is 5.83. The Morgan fingerprint density at radius 1 is 0.957 bits per heavy atom. The molecule has 0 spiro atoms. The third-order valence-electron chi connectivity index (χ3n) is 6.09. The first-order valence-corrected chi connectivity index (χ1v) is 9.76. The minimum absolute atomic E-state index is 0.0488. The number of nitrogens with one attached hydrogen (secondary N) is 1. The summed E-state index contributed by atoms with van der Waals surface area (Å²) < 4.78 is 0. The maximum absolute atomic E-state index is 13.2. The summed E-state index contributed by atoms with van der Waals surface area (Å²) >= 11 is 0. The molecule has 1 heterocycles. The summed E-state index contributed by atoms with van der Waals surface area (Å²) in [5, 5.41) is 13.1. The monoisotopic (exact) mass is 317 g/mol. The highest BCUT2D eigenvalue weighted by Crippen LogP contribution is 2.30. The second-order valence-electron chi connectivity index (χ2n) is 7.70. The van der Waals surface area contributed by atoms with Crippen molar-refractivity contribution < 1.29 is 4.79 Å². The largest absolute Gasteiger partial charge is 0.325 e.